The Morgan fingerprint density at radius 2 is 1.89 bits per heavy atom. The number of hydrogen-bond donors (Lipinski definition) is 2. The monoisotopic (exact) mass is 270 g/mol. The van der Waals surface area contributed by atoms with E-state index in [1.54, 1.807) is 0 Å². The van der Waals surface area contributed by atoms with E-state index >= 15 is 0 Å². The first-order valence-corrected chi connectivity index (χ1v) is 7.28. The SMILES string of the molecule is CN(CCCNC(=O)CCC(=O)O)C1CCCCC1. The van der Waals surface area contributed by atoms with Gasteiger partial charge in [0, 0.05) is 19.0 Å². The molecule has 1 fully saturated rings. The molecule has 0 bridgehead atoms. The molecule has 1 saturated carbocycles. The van der Waals surface area contributed by atoms with Crippen molar-refractivity contribution in [1.82, 2.24) is 10.2 Å². The predicted molar refractivity (Wildman–Crippen MR) is 74.0 cm³/mol. The van der Waals surface area contributed by atoms with Gasteiger partial charge in [-0.3, -0.25) is 9.59 Å². The number of carbonyl (C=O) groups is 2. The van der Waals surface area contributed by atoms with Crippen molar-refractivity contribution in [3.05, 3.63) is 0 Å². The average molecular weight is 270 g/mol. The fourth-order valence-electron chi connectivity index (χ4n) is 2.57. The molecule has 5 heteroatoms. The maximum Gasteiger partial charge on any atom is 0.303 e. The zero-order valence-electron chi connectivity index (χ0n) is 11.9. The average Bonchev–Trinajstić information content (AvgIpc) is 2.42. The highest BCUT2D eigenvalue weighted by Crippen LogP contribution is 2.21. The highest BCUT2D eigenvalue weighted by atomic mass is 16.4. The fourth-order valence-corrected chi connectivity index (χ4v) is 2.57. The highest BCUT2D eigenvalue weighted by molar-refractivity contribution is 5.80. The smallest absolute Gasteiger partial charge is 0.303 e. The van der Waals surface area contributed by atoms with Gasteiger partial charge in [-0.05, 0) is 32.9 Å². The second kappa shape index (κ2) is 8.91. The van der Waals surface area contributed by atoms with Crippen LogP contribution >= 0.6 is 0 Å². The number of aliphatic carboxylic acids is 1. The number of rotatable bonds is 8. The van der Waals surface area contributed by atoms with Gasteiger partial charge in [0.05, 0.1) is 6.42 Å². The van der Waals surface area contributed by atoms with Gasteiger partial charge in [-0.15, -0.1) is 0 Å². The van der Waals surface area contributed by atoms with Crippen molar-refractivity contribution in [2.75, 3.05) is 20.1 Å². The molecule has 0 aromatic carbocycles. The van der Waals surface area contributed by atoms with Crippen LogP contribution in [0.1, 0.15) is 51.4 Å². The maximum atomic E-state index is 11.3. The Hall–Kier alpha value is -1.10. The third kappa shape index (κ3) is 7.15. The molecule has 0 aromatic heterocycles. The summed E-state index contributed by atoms with van der Waals surface area (Å²) in [4.78, 5) is 24.0. The van der Waals surface area contributed by atoms with E-state index in [1.165, 1.54) is 32.1 Å². The van der Waals surface area contributed by atoms with Crippen LogP contribution in [0, 0.1) is 0 Å². The Bertz CT molecular complexity index is 288. The first-order chi connectivity index (χ1) is 9.09. The molecule has 0 heterocycles. The summed E-state index contributed by atoms with van der Waals surface area (Å²) in [6, 6.07) is 0.705. The summed E-state index contributed by atoms with van der Waals surface area (Å²) in [7, 11) is 2.15. The lowest BCUT2D eigenvalue weighted by molar-refractivity contribution is -0.138. The van der Waals surface area contributed by atoms with Gasteiger partial charge < -0.3 is 15.3 Å². The summed E-state index contributed by atoms with van der Waals surface area (Å²) >= 11 is 0. The Morgan fingerprint density at radius 3 is 2.53 bits per heavy atom. The Balaban J connectivity index is 2.03. The number of amides is 1. The number of nitrogens with one attached hydrogen (secondary N) is 1. The van der Waals surface area contributed by atoms with Crippen molar-refractivity contribution in [3.8, 4) is 0 Å². The third-order valence-electron chi connectivity index (χ3n) is 3.77. The van der Waals surface area contributed by atoms with Crippen LogP contribution < -0.4 is 5.32 Å². The summed E-state index contributed by atoms with van der Waals surface area (Å²) in [5.74, 6) is -1.09. The summed E-state index contributed by atoms with van der Waals surface area (Å²) < 4.78 is 0. The van der Waals surface area contributed by atoms with Gasteiger partial charge >= 0.3 is 5.97 Å². The van der Waals surface area contributed by atoms with Gasteiger partial charge in [-0.25, -0.2) is 0 Å². The van der Waals surface area contributed by atoms with Crippen molar-refractivity contribution in [1.29, 1.82) is 0 Å². The van der Waals surface area contributed by atoms with E-state index in [2.05, 4.69) is 17.3 Å². The molecule has 2 N–H and O–H groups in total. The first-order valence-electron chi connectivity index (χ1n) is 7.28. The number of carboxylic acids is 1. The Labute approximate surface area is 115 Å². The molecule has 1 aliphatic carbocycles. The van der Waals surface area contributed by atoms with E-state index in [1.807, 2.05) is 0 Å². The molecule has 0 unspecified atom stereocenters. The van der Waals surface area contributed by atoms with Crippen LogP contribution in [0.5, 0.6) is 0 Å². The molecule has 0 aromatic rings. The largest absolute Gasteiger partial charge is 0.481 e. The van der Waals surface area contributed by atoms with E-state index in [9.17, 15) is 9.59 Å². The Morgan fingerprint density at radius 1 is 1.21 bits per heavy atom. The topological polar surface area (TPSA) is 69.6 Å². The zero-order chi connectivity index (χ0) is 14.1. The lowest BCUT2D eigenvalue weighted by atomic mass is 9.94. The summed E-state index contributed by atoms with van der Waals surface area (Å²) in [6.45, 7) is 1.62. The van der Waals surface area contributed by atoms with Crippen LogP contribution in [-0.2, 0) is 9.59 Å². The molecule has 0 spiro atoms. The number of hydrogen-bond acceptors (Lipinski definition) is 3. The lowest BCUT2D eigenvalue weighted by Crippen LogP contribution is -2.35. The summed E-state index contributed by atoms with van der Waals surface area (Å²) in [5.41, 5.74) is 0. The zero-order valence-corrected chi connectivity index (χ0v) is 11.9. The van der Waals surface area contributed by atoms with Crippen LogP contribution in [0.4, 0.5) is 0 Å². The van der Waals surface area contributed by atoms with Crippen molar-refractivity contribution < 1.29 is 14.7 Å². The van der Waals surface area contributed by atoms with Crippen molar-refractivity contribution in [2.24, 2.45) is 0 Å². The molecule has 0 radical (unpaired) electrons. The first kappa shape index (κ1) is 16.0. The quantitative estimate of drug-likeness (QED) is 0.658. The van der Waals surface area contributed by atoms with E-state index in [0.717, 1.165) is 13.0 Å². The van der Waals surface area contributed by atoms with Gasteiger partial charge in [0.15, 0.2) is 0 Å². The number of nitrogens with zero attached hydrogens (tertiary/aromatic N) is 1. The summed E-state index contributed by atoms with van der Waals surface area (Å²) in [6.07, 6.45) is 7.53. The minimum Gasteiger partial charge on any atom is -0.481 e. The van der Waals surface area contributed by atoms with Crippen molar-refractivity contribution in [2.45, 2.75) is 57.4 Å². The molecule has 1 aliphatic rings. The number of carboxylic acid groups (broad SMARTS) is 1. The van der Waals surface area contributed by atoms with Crippen molar-refractivity contribution >= 4 is 11.9 Å². The molecule has 0 saturated heterocycles. The summed E-state index contributed by atoms with van der Waals surface area (Å²) in [5, 5.41) is 11.2. The van der Waals surface area contributed by atoms with Crippen LogP contribution in [0.15, 0.2) is 0 Å². The van der Waals surface area contributed by atoms with E-state index < -0.39 is 5.97 Å². The standard InChI is InChI=1S/C14H26N2O3/c1-16(12-6-3-2-4-7-12)11-5-10-15-13(17)8-9-14(18)19/h12H,2-11H2,1H3,(H,15,17)(H,18,19). The molecule has 5 nitrogen and oxygen atoms in total. The predicted octanol–water partition coefficient (Wildman–Crippen LogP) is 1.62. The maximum absolute atomic E-state index is 11.3. The van der Waals surface area contributed by atoms with Gasteiger partial charge in [0.25, 0.3) is 0 Å². The number of carbonyl (C=O) groups excluding carboxylic acids is 1. The fraction of sp³-hybridized carbons (Fsp3) is 0.857. The molecule has 110 valence electrons. The molecular formula is C14H26N2O3. The molecule has 0 aliphatic heterocycles. The van der Waals surface area contributed by atoms with Gasteiger partial charge in [-0.2, -0.15) is 0 Å². The minimum absolute atomic E-state index is 0.0772. The van der Waals surface area contributed by atoms with Crippen LogP contribution in [-0.4, -0.2) is 48.1 Å². The third-order valence-corrected chi connectivity index (χ3v) is 3.77. The van der Waals surface area contributed by atoms with Gasteiger partial charge in [0.2, 0.25) is 5.91 Å². The van der Waals surface area contributed by atoms with Crippen LogP contribution in [0.25, 0.3) is 0 Å². The van der Waals surface area contributed by atoms with Crippen LogP contribution in [0.2, 0.25) is 0 Å². The second-order valence-electron chi connectivity index (χ2n) is 5.37. The lowest BCUT2D eigenvalue weighted by Gasteiger charge is -2.31. The molecule has 1 amide bonds. The Kier molecular flexibility index (Phi) is 7.48. The molecule has 19 heavy (non-hydrogen) atoms. The van der Waals surface area contributed by atoms with Gasteiger partial charge in [0.1, 0.15) is 0 Å². The molecule has 1 rings (SSSR count). The molecular weight excluding hydrogens is 244 g/mol. The minimum atomic E-state index is -0.924. The van der Waals surface area contributed by atoms with Crippen molar-refractivity contribution in [3.63, 3.8) is 0 Å². The normalized spacial score (nSPS) is 16.5. The van der Waals surface area contributed by atoms with Crippen LogP contribution in [0.3, 0.4) is 0 Å². The highest BCUT2D eigenvalue weighted by Gasteiger charge is 2.17. The second-order valence-corrected chi connectivity index (χ2v) is 5.37. The van der Waals surface area contributed by atoms with E-state index in [0.29, 0.717) is 12.6 Å². The van der Waals surface area contributed by atoms with E-state index in [4.69, 9.17) is 5.11 Å². The molecule has 0 atom stereocenters. The van der Waals surface area contributed by atoms with E-state index in [-0.39, 0.29) is 18.7 Å². The van der Waals surface area contributed by atoms with Gasteiger partial charge in [-0.1, -0.05) is 19.3 Å².